The van der Waals surface area contributed by atoms with Crippen molar-refractivity contribution in [2.45, 2.75) is 57.9 Å². The van der Waals surface area contributed by atoms with E-state index in [1.165, 1.54) is 51.5 Å². The molecule has 0 atom stereocenters. The third-order valence-corrected chi connectivity index (χ3v) is 3.61. The highest BCUT2D eigenvalue weighted by Gasteiger charge is 2.41. The van der Waals surface area contributed by atoms with Crippen LogP contribution >= 0.6 is 0 Å². The van der Waals surface area contributed by atoms with Crippen LogP contribution in [0.4, 0.5) is 0 Å². The smallest absolute Gasteiger partial charge is 0.00673 e. The van der Waals surface area contributed by atoms with Crippen molar-refractivity contribution in [2.75, 3.05) is 6.54 Å². The lowest BCUT2D eigenvalue weighted by Crippen LogP contribution is -2.38. The molecule has 0 unspecified atom stereocenters. The molecule has 0 amide bonds. The predicted octanol–water partition coefficient (Wildman–Crippen LogP) is 2.71. The minimum atomic E-state index is 0.754. The van der Waals surface area contributed by atoms with Crippen LogP contribution in [-0.2, 0) is 0 Å². The summed E-state index contributed by atoms with van der Waals surface area (Å²) in [5.74, 6) is 0. The van der Waals surface area contributed by atoms with Gasteiger partial charge in [0.25, 0.3) is 0 Å². The SMILES string of the molecule is CCCC1(CNC2CCC2)CC1. The van der Waals surface area contributed by atoms with Crippen molar-refractivity contribution < 1.29 is 0 Å². The van der Waals surface area contributed by atoms with Crippen LogP contribution in [0.1, 0.15) is 51.9 Å². The lowest BCUT2D eigenvalue weighted by molar-refractivity contribution is 0.301. The molecule has 1 N–H and O–H groups in total. The van der Waals surface area contributed by atoms with Gasteiger partial charge in [-0.1, -0.05) is 19.8 Å². The molecule has 0 bridgehead atoms. The van der Waals surface area contributed by atoms with E-state index in [2.05, 4.69) is 12.2 Å². The van der Waals surface area contributed by atoms with Crippen LogP contribution in [-0.4, -0.2) is 12.6 Å². The fourth-order valence-corrected chi connectivity index (χ4v) is 2.20. The van der Waals surface area contributed by atoms with Gasteiger partial charge >= 0.3 is 0 Å². The Morgan fingerprint density at radius 2 is 2.08 bits per heavy atom. The summed E-state index contributed by atoms with van der Waals surface area (Å²) in [4.78, 5) is 0. The van der Waals surface area contributed by atoms with Crippen molar-refractivity contribution in [1.29, 1.82) is 0 Å². The van der Waals surface area contributed by atoms with Gasteiger partial charge in [-0.2, -0.15) is 0 Å². The molecule has 12 heavy (non-hydrogen) atoms. The number of hydrogen-bond donors (Lipinski definition) is 1. The lowest BCUT2D eigenvalue weighted by atomic mass is 9.91. The van der Waals surface area contributed by atoms with Gasteiger partial charge in [0.2, 0.25) is 0 Å². The Kier molecular flexibility index (Phi) is 2.40. The van der Waals surface area contributed by atoms with E-state index >= 15 is 0 Å². The first-order valence-corrected chi connectivity index (χ1v) is 5.58. The zero-order chi connectivity index (χ0) is 8.44. The number of nitrogens with one attached hydrogen (secondary N) is 1. The maximum Gasteiger partial charge on any atom is 0.00673 e. The molecular formula is C11H21N. The van der Waals surface area contributed by atoms with Crippen molar-refractivity contribution in [3.8, 4) is 0 Å². The van der Waals surface area contributed by atoms with Crippen molar-refractivity contribution in [3.63, 3.8) is 0 Å². The van der Waals surface area contributed by atoms with Gasteiger partial charge in [0.15, 0.2) is 0 Å². The molecule has 0 aromatic rings. The van der Waals surface area contributed by atoms with Gasteiger partial charge in [-0.05, 0) is 37.5 Å². The molecule has 0 aromatic carbocycles. The van der Waals surface area contributed by atoms with Gasteiger partial charge in [-0.25, -0.2) is 0 Å². The summed E-state index contributed by atoms with van der Waals surface area (Å²) < 4.78 is 0. The normalized spacial score (nSPS) is 26.8. The molecule has 2 aliphatic rings. The van der Waals surface area contributed by atoms with Crippen LogP contribution in [0.25, 0.3) is 0 Å². The van der Waals surface area contributed by atoms with Crippen LogP contribution in [0.2, 0.25) is 0 Å². The van der Waals surface area contributed by atoms with E-state index in [9.17, 15) is 0 Å². The molecule has 0 spiro atoms. The molecule has 0 radical (unpaired) electrons. The quantitative estimate of drug-likeness (QED) is 0.664. The Labute approximate surface area is 75.9 Å². The largest absolute Gasteiger partial charge is 0.313 e. The monoisotopic (exact) mass is 167 g/mol. The topological polar surface area (TPSA) is 12.0 Å². The summed E-state index contributed by atoms with van der Waals surface area (Å²) in [6, 6.07) is 0.888. The highest BCUT2D eigenvalue weighted by molar-refractivity contribution is 4.95. The van der Waals surface area contributed by atoms with Gasteiger partial charge in [-0.15, -0.1) is 0 Å². The van der Waals surface area contributed by atoms with Crippen LogP contribution in [0.5, 0.6) is 0 Å². The van der Waals surface area contributed by atoms with Crippen LogP contribution in [0.3, 0.4) is 0 Å². The van der Waals surface area contributed by atoms with Crippen LogP contribution in [0.15, 0.2) is 0 Å². The van der Waals surface area contributed by atoms with Crippen LogP contribution in [0, 0.1) is 5.41 Å². The van der Waals surface area contributed by atoms with Gasteiger partial charge in [0, 0.05) is 12.6 Å². The molecule has 2 aliphatic carbocycles. The summed E-state index contributed by atoms with van der Waals surface area (Å²) >= 11 is 0. The number of hydrogen-bond acceptors (Lipinski definition) is 1. The van der Waals surface area contributed by atoms with Crippen molar-refractivity contribution in [1.82, 2.24) is 5.32 Å². The van der Waals surface area contributed by atoms with E-state index in [-0.39, 0.29) is 0 Å². The minimum absolute atomic E-state index is 0.754. The fraction of sp³-hybridized carbons (Fsp3) is 1.00. The first-order valence-electron chi connectivity index (χ1n) is 5.58. The highest BCUT2D eigenvalue weighted by atomic mass is 14.9. The van der Waals surface area contributed by atoms with Crippen molar-refractivity contribution in [3.05, 3.63) is 0 Å². The zero-order valence-electron chi connectivity index (χ0n) is 8.23. The Hall–Kier alpha value is -0.0400. The Morgan fingerprint density at radius 3 is 2.50 bits per heavy atom. The second-order valence-corrected chi connectivity index (χ2v) is 4.76. The number of rotatable bonds is 5. The second kappa shape index (κ2) is 3.37. The van der Waals surface area contributed by atoms with E-state index in [4.69, 9.17) is 0 Å². The van der Waals surface area contributed by atoms with Crippen molar-refractivity contribution in [2.24, 2.45) is 5.41 Å². The molecule has 0 saturated heterocycles. The summed E-state index contributed by atoms with van der Waals surface area (Å²) in [6.45, 7) is 3.62. The molecule has 0 aromatic heterocycles. The van der Waals surface area contributed by atoms with Crippen LogP contribution < -0.4 is 5.32 Å². The summed E-state index contributed by atoms with van der Waals surface area (Å²) in [5.41, 5.74) is 0.754. The molecule has 2 saturated carbocycles. The van der Waals surface area contributed by atoms with E-state index in [0.29, 0.717) is 0 Å². The third kappa shape index (κ3) is 1.82. The zero-order valence-corrected chi connectivity index (χ0v) is 8.23. The Bertz CT molecular complexity index is 145. The molecular weight excluding hydrogens is 146 g/mol. The predicted molar refractivity (Wildman–Crippen MR) is 52.2 cm³/mol. The van der Waals surface area contributed by atoms with Gasteiger partial charge < -0.3 is 5.32 Å². The molecule has 70 valence electrons. The summed E-state index contributed by atoms with van der Waals surface area (Å²) in [7, 11) is 0. The summed E-state index contributed by atoms with van der Waals surface area (Å²) in [6.07, 6.45) is 10.1. The van der Waals surface area contributed by atoms with Gasteiger partial charge in [0.05, 0.1) is 0 Å². The molecule has 2 rings (SSSR count). The van der Waals surface area contributed by atoms with E-state index in [0.717, 1.165) is 11.5 Å². The molecule has 1 nitrogen and oxygen atoms in total. The average molecular weight is 167 g/mol. The first kappa shape index (κ1) is 8.55. The lowest BCUT2D eigenvalue weighted by Gasteiger charge is -2.28. The van der Waals surface area contributed by atoms with E-state index < -0.39 is 0 Å². The molecule has 0 heterocycles. The van der Waals surface area contributed by atoms with Gasteiger partial charge in [0.1, 0.15) is 0 Å². The Balaban J connectivity index is 1.64. The Morgan fingerprint density at radius 1 is 1.33 bits per heavy atom. The minimum Gasteiger partial charge on any atom is -0.313 e. The van der Waals surface area contributed by atoms with Gasteiger partial charge in [-0.3, -0.25) is 0 Å². The first-order chi connectivity index (χ1) is 5.85. The molecule has 2 fully saturated rings. The average Bonchev–Trinajstić information content (AvgIpc) is 2.67. The molecule has 1 heteroatoms. The summed E-state index contributed by atoms with van der Waals surface area (Å²) in [5, 5.41) is 3.71. The molecule has 0 aliphatic heterocycles. The standard InChI is InChI=1S/C11H21N/c1-2-6-11(7-8-11)9-12-10-4-3-5-10/h10,12H,2-9H2,1H3. The highest BCUT2D eigenvalue weighted by Crippen LogP contribution is 2.49. The maximum atomic E-state index is 3.71. The van der Waals surface area contributed by atoms with E-state index in [1.807, 2.05) is 0 Å². The maximum absolute atomic E-state index is 3.71. The third-order valence-electron chi connectivity index (χ3n) is 3.61. The fourth-order valence-electron chi connectivity index (χ4n) is 2.20. The van der Waals surface area contributed by atoms with E-state index in [1.54, 1.807) is 0 Å². The second-order valence-electron chi connectivity index (χ2n) is 4.76. The van der Waals surface area contributed by atoms with Crippen molar-refractivity contribution >= 4 is 0 Å².